The average molecular weight is 418 g/mol. The van der Waals surface area contributed by atoms with Gasteiger partial charge in [0, 0.05) is 17.6 Å². The molecule has 0 aromatic rings. The fourth-order valence-corrected chi connectivity index (χ4v) is 3.99. The Morgan fingerprint density at radius 3 is 2.79 bits per heavy atom. The van der Waals surface area contributed by atoms with E-state index in [2.05, 4.69) is 10.9 Å². The van der Waals surface area contributed by atoms with Crippen molar-refractivity contribution in [3.63, 3.8) is 0 Å². The number of hydrogen-bond acceptors (Lipinski definition) is 7. The van der Waals surface area contributed by atoms with E-state index in [4.69, 9.17) is 5.21 Å². The molecule has 9 nitrogen and oxygen atoms in total. The topological polar surface area (TPSA) is 114 Å². The third-order valence-corrected chi connectivity index (χ3v) is 5.87. The molecule has 0 aliphatic carbocycles. The minimum atomic E-state index is -2.17. The molecule has 0 bridgehead atoms. The van der Waals surface area contributed by atoms with E-state index in [0.29, 0.717) is 25.8 Å². The summed E-state index contributed by atoms with van der Waals surface area (Å²) in [7, 11) is 0. The van der Waals surface area contributed by atoms with Gasteiger partial charge in [-0.05, 0) is 37.6 Å². The first-order valence-corrected chi connectivity index (χ1v) is 10.3. The van der Waals surface area contributed by atoms with Crippen LogP contribution in [0.5, 0.6) is 0 Å². The van der Waals surface area contributed by atoms with Gasteiger partial charge in [-0.3, -0.25) is 30.4 Å². The van der Waals surface area contributed by atoms with Crippen LogP contribution in [0, 0.1) is 5.92 Å². The average Bonchev–Trinajstić information content (AvgIpc) is 3.36. The van der Waals surface area contributed by atoms with Crippen molar-refractivity contribution in [2.45, 2.75) is 64.6 Å². The number of nitrogens with one attached hydrogen (secondary N) is 3. The molecule has 4 N–H and O–H groups in total. The molecule has 0 aromatic carbocycles. The van der Waals surface area contributed by atoms with Gasteiger partial charge in [0.15, 0.2) is 6.17 Å². The summed E-state index contributed by atoms with van der Waals surface area (Å²) in [6, 6.07) is -0.728. The number of carbonyl (C=O) groups excluding carboxylic acids is 3. The summed E-state index contributed by atoms with van der Waals surface area (Å²) < 4.78 is 15.9. The van der Waals surface area contributed by atoms with Crippen molar-refractivity contribution in [3.05, 3.63) is 11.1 Å². The van der Waals surface area contributed by atoms with Gasteiger partial charge in [-0.25, -0.2) is 9.87 Å². The number of carbonyl (C=O) groups is 3. The first kappa shape index (κ1) is 22.4. The lowest BCUT2D eigenvalue weighted by Gasteiger charge is -2.30. The molecule has 2 rings (SSSR count). The number of likely N-dealkylation sites (tertiary alicyclic amines) is 1. The smallest absolute Gasteiger partial charge is 0.278 e. The Kier molecular flexibility index (Phi) is 8.52. The Balaban J connectivity index is 2.04. The zero-order valence-corrected chi connectivity index (χ0v) is 16.9. The lowest BCUT2D eigenvalue weighted by atomic mass is 9.94. The first-order chi connectivity index (χ1) is 13.4. The molecular weight excluding hydrogens is 389 g/mol. The van der Waals surface area contributed by atoms with Gasteiger partial charge in [-0.2, -0.15) is 0 Å². The molecule has 1 fully saturated rings. The van der Waals surface area contributed by atoms with Crippen LogP contribution in [0.1, 0.15) is 52.4 Å². The maximum atomic E-state index is 14.5. The maximum absolute atomic E-state index is 14.5. The SMILES string of the molecule is CCCC[C@@H](C(=O)N1CCC[C@H]1C(=O)NN1NC=C(CC)S1)[C@@H](F)C(=O)NO. The van der Waals surface area contributed by atoms with Gasteiger partial charge >= 0.3 is 0 Å². The van der Waals surface area contributed by atoms with Gasteiger partial charge in [0.2, 0.25) is 5.91 Å². The summed E-state index contributed by atoms with van der Waals surface area (Å²) in [4.78, 5) is 39.6. The van der Waals surface area contributed by atoms with E-state index in [1.54, 1.807) is 6.20 Å². The molecular formula is C17H28FN5O4S. The lowest BCUT2D eigenvalue weighted by molar-refractivity contribution is -0.149. The van der Waals surface area contributed by atoms with Crippen molar-refractivity contribution in [1.82, 2.24) is 25.8 Å². The number of hydrogen-bond donors (Lipinski definition) is 4. The van der Waals surface area contributed by atoms with Gasteiger partial charge in [0.25, 0.3) is 11.8 Å². The van der Waals surface area contributed by atoms with Crippen molar-refractivity contribution in [1.29, 1.82) is 0 Å². The van der Waals surface area contributed by atoms with Crippen LogP contribution in [-0.4, -0.2) is 51.1 Å². The number of rotatable bonds is 9. The van der Waals surface area contributed by atoms with Crippen molar-refractivity contribution < 1.29 is 24.0 Å². The van der Waals surface area contributed by atoms with Crippen LogP contribution in [0.3, 0.4) is 0 Å². The number of halogens is 1. The molecule has 1 saturated heterocycles. The summed E-state index contributed by atoms with van der Waals surface area (Å²) in [5, 5.41) is 8.72. The third-order valence-electron chi connectivity index (χ3n) is 4.85. The first-order valence-electron chi connectivity index (χ1n) is 9.55. The molecule has 0 aromatic heterocycles. The van der Waals surface area contributed by atoms with Crippen LogP contribution in [0.2, 0.25) is 0 Å². The van der Waals surface area contributed by atoms with E-state index in [0.717, 1.165) is 17.7 Å². The number of allylic oxidation sites excluding steroid dienone is 1. The molecule has 28 heavy (non-hydrogen) atoms. The van der Waals surface area contributed by atoms with Crippen molar-refractivity contribution in [2.24, 2.45) is 5.92 Å². The van der Waals surface area contributed by atoms with Gasteiger partial charge in [0.1, 0.15) is 6.04 Å². The number of unbranched alkanes of at least 4 members (excludes halogenated alkanes) is 1. The fourth-order valence-electron chi connectivity index (χ4n) is 3.28. The van der Waals surface area contributed by atoms with Crippen LogP contribution in [0.15, 0.2) is 11.1 Å². The van der Waals surface area contributed by atoms with Gasteiger partial charge in [-0.1, -0.05) is 31.2 Å². The van der Waals surface area contributed by atoms with E-state index >= 15 is 0 Å². The van der Waals surface area contributed by atoms with E-state index < -0.39 is 29.9 Å². The molecule has 3 amide bonds. The summed E-state index contributed by atoms with van der Waals surface area (Å²) in [5.74, 6) is -3.41. The summed E-state index contributed by atoms with van der Waals surface area (Å²) >= 11 is 1.34. The van der Waals surface area contributed by atoms with Crippen LogP contribution < -0.4 is 16.3 Å². The van der Waals surface area contributed by atoms with E-state index in [-0.39, 0.29) is 12.3 Å². The van der Waals surface area contributed by atoms with E-state index in [1.165, 1.54) is 26.9 Å². The lowest BCUT2D eigenvalue weighted by Crippen LogP contribution is -2.53. The Bertz CT molecular complexity index is 620. The Morgan fingerprint density at radius 1 is 1.43 bits per heavy atom. The normalized spacial score (nSPS) is 21.6. The van der Waals surface area contributed by atoms with Crippen LogP contribution in [0.4, 0.5) is 4.39 Å². The second-order valence-corrected chi connectivity index (χ2v) is 7.84. The van der Waals surface area contributed by atoms with Crippen molar-refractivity contribution in [3.8, 4) is 0 Å². The summed E-state index contributed by atoms with van der Waals surface area (Å²) in [6.07, 6.45) is 2.97. The predicted octanol–water partition coefficient (Wildman–Crippen LogP) is 1.38. The maximum Gasteiger partial charge on any atom is 0.278 e. The zero-order chi connectivity index (χ0) is 20.7. The van der Waals surface area contributed by atoms with Crippen molar-refractivity contribution in [2.75, 3.05) is 6.54 Å². The minimum absolute atomic E-state index is 0.169. The third kappa shape index (κ3) is 5.36. The number of nitrogens with zero attached hydrogens (tertiary/aromatic N) is 2. The van der Waals surface area contributed by atoms with E-state index in [9.17, 15) is 18.8 Å². The minimum Gasteiger partial charge on any atom is -0.330 e. The number of alkyl halides is 1. The Hall–Kier alpha value is -1.85. The van der Waals surface area contributed by atoms with Gasteiger partial charge < -0.3 is 4.90 Å². The molecule has 0 saturated carbocycles. The quantitative estimate of drug-likeness (QED) is 0.255. The molecule has 2 aliphatic rings. The van der Waals surface area contributed by atoms with Crippen LogP contribution >= 0.6 is 11.9 Å². The predicted molar refractivity (Wildman–Crippen MR) is 102 cm³/mol. The molecule has 3 atom stereocenters. The highest BCUT2D eigenvalue weighted by Crippen LogP contribution is 2.27. The summed E-state index contributed by atoms with van der Waals surface area (Å²) in [5.41, 5.74) is 6.88. The Labute approximate surface area is 168 Å². The Morgan fingerprint density at radius 2 is 2.18 bits per heavy atom. The largest absolute Gasteiger partial charge is 0.330 e. The monoisotopic (exact) mass is 417 g/mol. The number of hydroxylamine groups is 1. The van der Waals surface area contributed by atoms with Gasteiger partial charge in [0.05, 0.1) is 5.92 Å². The number of amides is 3. The number of hydrazine groups is 2. The molecule has 11 heteroatoms. The van der Waals surface area contributed by atoms with Crippen molar-refractivity contribution >= 4 is 29.7 Å². The van der Waals surface area contributed by atoms with Gasteiger partial charge in [-0.15, -0.1) is 0 Å². The standard InChI is InChI=1S/C17H28FN5O4S/c1-3-5-7-12(14(18)16(25)21-27)17(26)22-9-6-8-13(22)15(24)20-23-19-10-11(4-2)28-23/h10,12-14,19,27H,3-9H2,1-2H3,(H,20,24)(H,21,25)/t12-,13+,14-/m1/s1. The molecule has 2 heterocycles. The second kappa shape index (κ2) is 10.6. The van der Waals surface area contributed by atoms with Crippen LogP contribution in [-0.2, 0) is 14.4 Å². The molecule has 2 aliphatic heterocycles. The summed E-state index contributed by atoms with van der Waals surface area (Å²) in [6.45, 7) is 4.22. The van der Waals surface area contributed by atoms with E-state index in [1.807, 2.05) is 13.8 Å². The fraction of sp³-hybridized carbons (Fsp3) is 0.706. The molecule has 0 spiro atoms. The zero-order valence-electron chi connectivity index (χ0n) is 16.1. The highest BCUT2D eigenvalue weighted by atomic mass is 32.2. The molecule has 0 unspecified atom stereocenters. The highest BCUT2D eigenvalue weighted by Gasteiger charge is 2.42. The van der Waals surface area contributed by atoms with Crippen LogP contribution in [0.25, 0.3) is 0 Å². The second-order valence-electron chi connectivity index (χ2n) is 6.77. The highest BCUT2D eigenvalue weighted by molar-refractivity contribution is 8.00. The molecule has 0 radical (unpaired) electrons. The molecule has 158 valence electrons.